The van der Waals surface area contributed by atoms with E-state index in [1.165, 1.54) is 0 Å². The zero-order chi connectivity index (χ0) is 12.8. The second-order valence-electron chi connectivity index (χ2n) is 5.10. The Labute approximate surface area is 105 Å². The van der Waals surface area contributed by atoms with Crippen molar-refractivity contribution in [2.75, 3.05) is 53.9 Å². The number of rotatable bonds is 5. The lowest BCUT2D eigenvalue weighted by Gasteiger charge is -2.37. The first-order valence-electron chi connectivity index (χ1n) is 6.35. The zero-order valence-corrected chi connectivity index (χ0v) is 11.5. The molecule has 1 fully saturated rings. The Morgan fingerprint density at radius 1 is 1.41 bits per heavy atom. The lowest BCUT2D eigenvalue weighted by molar-refractivity contribution is -0.124. The number of amides is 1. The molecule has 2 atom stereocenters. The topological polar surface area (TPSA) is 47.6 Å². The summed E-state index contributed by atoms with van der Waals surface area (Å²) in [6.45, 7) is 6.62. The van der Waals surface area contributed by atoms with Crippen LogP contribution in [0.4, 0.5) is 0 Å². The molecule has 5 heteroatoms. The number of piperazine rings is 1. The summed E-state index contributed by atoms with van der Waals surface area (Å²) in [5.74, 6) is 0.174. The van der Waals surface area contributed by atoms with Crippen LogP contribution >= 0.6 is 0 Å². The van der Waals surface area contributed by atoms with E-state index in [4.69, 9.17) is 0 Å². The average molecular weight is 242 g/mol. The highest BCUT2D eigenvalue weighted by Crippen LogP contribution is 2.05. The minimum absolute atomic E-state index is 0.0339. The third-order valence-electron chi connectivity index (χ3n) is 3.45. The average Bonchev–Trinajstić information content (AvgIpc) is 2.30. The number of hydrogen-bond donors (Lipinski definition) is 2. The largest absolute Gasteiger partial charge is 0.354 e. The SMILES string of the molecule is CNCC(C)C(=O)NCC1CN(C)CCN1C. The second kappa shape index (κ2) is 6.93. The molecule has 0 bridgehead atoms. The van der Waals surface area contributed by atoms with E-state index < -0.39 is 0 Å². The van der Waals surface area contributed by atoms with Gasteiger partial charge in [0.1, 0.15) is 0 Å². The van der Waals surface area contributed by atoms with E-state index in [1.54, 1.807) is 0 Å². The fraction of sp³-hybridized carbons (Fsp3) is 0.917. The Morgan fingerprint density at radius 3 is 2.76 bits per heavy atom. The van der Waals surface area contributed by atoms with Gasteiger partial charge in [-0.15, -0.1) is 0 Å². The van der Waals surface area contributed by atoms with Crippen molar-refractivity contribution in [1.82, 2.24) is 20.4 Å². The Morgan fingerprint density at radius 2 is 2.12 bits per heavy atom. The van der Waals surface area contributed by atoms with E-state index in [1.807, 2.05) is 14.0 Å². The van der Waals surface area contributed by atoms with Gasteiger partial charge in [-0.25, -0.2) is 0 Å². The molecule has 1 aliphatic rings. The maximum absolute atomic E-state index is 11.8. The Kier molecular flexibility index (Phi) is 5.88. The standard InChI is InChI=1S/C12H26N4O/c1-10(7-13-2)12(17)14-8-11-9-15(3)5-6-16(11)4/h10-11,13H,5-9H2,1-4H3,(H,14,17). The molecule has 17 heavy (non-hydrogen) atoms. The first kappa shape index (κ1) is 14.4. The predicted octanol–water partition coefficient (Wildman–Crippen LogP) is -0.796. The summed E-state index contributed by atoms with van der Waals surface area (Å²) in [6, 6.07) is 0.430. The number of likely N-dealkylation sites (N-methyl/N-ethyl adjacent to an activating group) is 2. The third-order valence-corrected chi connectivity index (χ3v) is 3.45. The molecule has 1 heterocycles. The van der Waals surface area contributed by atoms with E-state index in [9.17, 15) is 4.79 Å². The summed E-state index contributed by atoms with van der Waals surface area (Å²) < 4.78 is 0. The number of carbonyl (C=O) groups is 1. The summed E-state index contributed by atoms with van der Waals surface area (Å²) in [5, 5.41) is 6.06. The van der Waals surface area contributed by atoms with Gasteiger partial charge in [0.15, 0.2) is 0 Å². The van der Waals surface area contributed by atoms with Crippen molar-refractivity contribution in [3.63, 3.8) is 0 Å². The normalized spacial score (nSPS) is 24.6. The lowest BCUT2D eigenvalue weighted by atomic mass is 10.1. The highest BCUT2D eigenvalue weighted by atomic mass is 16.1. The molecule has 2 N–H and O–H groups in total. The van der Waals surface area contributed by atoms with Crippen LogP contribution in [0.15, 0.2) is 0 Å². The van der Waals surface area contributed by atoms with Crippen molar-refractivity contribution in [2.24, 2.45) is 5.92 Å². The maximum atomic E-state index is 11.8. The van der Waals surface area contributed by atoms with Gasteiger partial charge in [0.25, 0.3) is 0 Å². The molecule has 1 aliphatic heterocycles. The molecule has 1 amide bonds. The van der Waals surface area contributed by atoms with Crippen molar-refractivity contribution in [3.8, 4) is 0 Å². The molecule has 1 rings (SSSR count). The second-order valence-corrected chi connectivity index (χ2v) is 5.10. The molecule has 0 aromatic carbocycles. The van der Waals surface area contributed by atoms with Crippen LogP contribution in [0.25, 0.3) is 0 Å². The smallest absolute Gasteiger partial charge is 0.224 e. The van der Waals surface area contributed by atoms with Gasteiger partial charge < -0.3 is 15.5 Å². The van der Waals surface area contributed by atoms with E-state index in [0.29, 0.717) is 6.04 Å². The monoisotopic (exact) mass is 242 g/mol. The molecule has 0 spiro atoms. The van der Waals surface area contributed by atoms with Crippen LogP contribution in [0, 0.1) is 5.92 Å². The van der Waals surface area contributed by atoms with Gasteiger partial charge in [-0.05, 0) is 21.1 Å². The van der Waals surface area contributed by atoms with Crippen molar-refractivity contribution < 1.29 is 4.79 Å². The molecule has 5 nitrogen and oxygen atoms in total. The maximum Gasteiger partial charge on any atom is 0.224 e. The lowest BCUT2D eigenvalue weighted by Crippen LogP contribution is -2.54. The number of hydrogen-bond acceptors (Lipinski definition) is 4. The van der Waals surface area contributed by atoms with Crippen LogP contribution in [-0.2, 0) is 4.79 Å². The summed E-state index contributed by atoms with van der Waals surface area (Å²) in [5.41, 5.74) is 0. The highest BCUT2D eigenvalue weighted by molar-refractivity contribution is 5.78. The Bertz CT molecular complexity index is 247. The summed E-state index contributed by atoms with van der Waals surface area (Å²) in [6.07, 6.45) is 0. The van der Waals surface area contributed by atoms with Gasteiger partial charge in [0, 0.05) is 44.7 Å². The van der Waals surface area contributed by atoms with Gasteiger partial charge >= 0.3 is 0 Å². The van der Waals surface area contributed by atoms with E-state index in [0.717, 1.165) is 32.7 Å². The fourth-order valence-corrected chi connectivity index (χ4v) is 2.11. The van der Waals surface area contributed by atoms with Crippen LogP contribution in [0.2, 0.25) is 0 Å². The summed E-state index contributed by atoms with van der Waals surface area (Å²) in [7, 11) is 6.12. The highest BCUT2D eigenvalue weighted by Gasteiger charge is 2.23. The molecule has 0 aliphatic carbocycles. The van der Waals surface area contributed by atoms with Gasteiger partial charge in [-0.2, -0.15) is 0 Å². The molecule has 2 unspecified atom stereocenters. The van der Waals surface area contributed by atoms with Crippen molar-refractivity contribution in [1.29, 1.82) is 0 Å². The van der Waals surface area contributed by atoms with E-state index in [2.05, 4.69) is 34.5 Å². The molecule has 0 saturated carbocycles. The first-order chi connectivity index (χ1) is 8.04. The van der Waals surface area contributed by atoms with Crippen molar-refractivity contribution in [2.45, 2.75) is 13.0 Å². The van der Waals surface area contributed by atoms with Gasteiger partial charge in [0.2, 0.25) is 5.91 Å². The number of nitrogens with zero attached hydrogens (tertiary/aromatic N) is 2. The molecule has 100 valence electrons. The summed E-state index contributed by atoms with van der Waals surface area (Å²) in [4.78, 5) is 16.4. The van der Waals surface area contributed by atoms with Gasteiger partial charge in [-0.1, -0.05) is 6.92 Å². The molecule has 0 radical (unpaired) electrons. The quantitative estimate of drug-likeness (QED) is 0.663. The molecular formula is C12H26N4O. The van der Waals surface area contributed by atoms with Crippen LogP contribution in [0.5, 0.6) is 0 Å². The van der Waals surface area contributed by atoms with Crippen LogP contribution < -0.4 is 10.6 Å². The Hall–Kier alpha value is -0.650. The van der Waals surface area contributed by atoms with Gasteiger partial charge in [0.05, 0.1) is 0 Å². The minimum Gasteiger partial charge on any atom is -0.354 e. The van der Waals surface area contributed by atoms with Crippen LogP contribution in [-0.4, -0.2) is 75.6 Å². The van der Waals surface area contributed by atoms with Crippen molar-refractivity contribution >= 4 is 5.91 Å². The van der Waals surface area contributed by atoms with Crippen LogP contribution in [0.3, 0.4) is 0 Å². The molecule has 1 saturated heterocycles. The number of carbonyl (C=O) groups excluding carboxylic acids is 1. The number of nitrogens with one attached hydrogen (secondary N) is 2. The van der Waals surface area contributed by atoms with Gasteiger partial charge in [-0.3, -0.25) is 9.69 Å². The summed E-state index contributed by atoms with van der Waals surface area (Å²) >= 11 is 0. The fourth-order valence-electron chi connectivity index (χ4n) is 2.11. The Balaban J connectivity index is 2.31. The molecule has 0 aromatic heterocycles. The zero-order valence-electron chi connectivity index (χ0n) is 11.5. The molecule has 0 aromatic rings. The van der Waals surface area contributed by atoms with E-state index in [-0.39, 0.29) is 11.8 Å². The first-order valence-corrected chi connectivity index (χ1v) is 6.35. The predicted molar refractivity (Wildman–Crippen MR) is 70.0 cm³/mol. The minimum atomic E-state index is 0.0339. The third kappa shape index (κ3) is 4.61. The van der Waals surface area contributed by atoms with Crippen LogP contribution in [0.1, 0.15) is 6.92 Å². The molecular weight excluding hydrogens is 216 g/mol. The van der Waals surface area contributed by atoms with E-state index >= 15 is 0 Å². The van der Waals surface area contributed by atoms with Crippen molar-refractivity contribution in [3.05, 3.63) is 0 Å².